The minimum Gasteiger partial charge on any atom is -0.756 e. The first kappa shape index (κ1) is 42.6. The number of phosphoric ester groups is 1. The lowest BCUT2D eigenvalue weighted by Crippen LogP contribution is -2.37. The van der Waals surface area contributed by atoms with Crippen LogP contribution in [0, 0.1) is 5.92 Å². The molecule has 55 heavy (non-hydrogen) atoms. The molecule has 300 valence electrons. The number of hydrogen-bond donors (Lipinski definition) is 2. The van der Waals surface area contributed by atoms with E-state index in [4.69, 9.17) is 40.2 Å². The Hall–Kier alpha value is -3.50. The van der Waals surface area contributed by atoms with E-state index in [2.05, 4.69) is 35.7 Å². The third kappa shape index (κ3) is 10.7. The second-order valence-corrected chi connectivity index (χ2v) is 16.7. The standard InChI is InChI=1S/C28H30ClFN6O10P2.C7H16/c29-28-33-24(31)22-25(34-28)35(16-32-22)26-21(30)23(37)20(44-26)15-43-48(40,41)46-47(39,45-18-10-5-2-6-11-18)36-13-7-12-19(36)27(38)42-14-17-8-3-1-4-9-17;1-4-7(5-2)6-3/h1-6,8-11,16,19-21,23,26,37H,7,12-15H2,(H,40,41)(H2,31,33,34);7H,4-6H2,1-3H3/p-1/t19?,20-,21?,23+,26-,47?;/m1./s1. The zero-order chi connectivity index (χ0) is 39.8. The maximum Gasteiger partial charge on any atom is 0.468 e. The molecule has 7 atom stereocenters. The molecule has 2 fully saturated rings. The van der Waals surface area contributed by atoms with Crippen LogP contribution in [0.25, 0.3) is 11.2 Å². The minimum atomic E-state index is -5.57. The van der Waals surface area contributed by atoms with Crippen molar-refractivity contribution in [1.82, 2.24) is 24.2 Å². The summed E-state index contributed by atoms with van der Waals surface area (Å²) in [6, 6.07) is 15.3. The van der Waals surface area contributed by atoms with E-state index in [1.807, 2.05) is 0 Å². The number of nitrogens with zero attached hydrogens (tertiary/aromatic N) is 5. The van der Waals surface area contributed by atoms with E-state index in [0.29, 0.717) is 12.0 Å². The monoisotopic (exact) mass is 825 g/mol. The van der Waals surface area contributed by atoms with Crippen molar-refractivity contribution in [3.63, 3.8) is 0 Å². The number of fused-ring (bicyclic) bond motifs is 1. The molecule has 4 unspecified atom stereocenters. The van der Waals surface area contributed by atoms with Gasteiger partial charge in [-0.3, -0.25) is 13.9 Å². The molecule has 0 amide bonds. The highest BCUT2D eigenvalue weighted by Crippen LogP contribution is 2.64. The second kappa shape index (κ2) is 19.1. The number of aliphatic hydroxyl groups is 1. The molecule has 20 heteroatoms. The number of imidazole rings is 1. The van der Waals surface area contributed by atoms with Crippen molar-refractivity contribution in [2.75, 3.05) is 18.9 Å². The van der Waals surface area contributed by atoms with E-state index in [1.54, 1.807) is 48.5 Å². The zero-order valence-corrected chi connectivity index (χ0v) is 33.1. The minimum absolute atomic E-state index is 0.00760. The summed E-state index contributed by atoms with van der Waals surface area (Å²) in [7, 11) is -10.5. The number of rotatable bonds is 15. The van der Waals surface area contributed by atoms with Gasteiger partial charge in [-0.15, -0.1) is 0 Å². The largest absolute Gasteiger partial charge is 0.756 e. The first-order valence-corrected chi connectivity index (χ1v) is 21.2. The molecule has 2 saturated heterocycles. The number of nitrogens with two attached hydrogens (primary N) is 1. The van der Waals surface area contributed by atoms with Gasteiger partial charge in [-0.1, -0.05) is 88.6 Å². The molecule has 6 rings (SSSR count). The van der Waals surface area contributed by atoms with Crippen molar-refractivity contribution in [2.24, 2.45) is 5.92 Å². The van der Waals surface area contributed by atoms with Gasteiger partial charge in [-0.25, -0.2) is 18.3 Å². The van der Waals surface area contributed by atoms with Gasteiger partial charge in [0, 0.05) is 6.54 Å². The number of ether oxygens (including phenoxy) is 2. The molecular weight excluding hydrogens is 781 g/mol. The molecular formula is C35H45ClFN6O10P2-. The zero-order valence-electron chi connectivity index (χ0n) is 30.6. The Kier molecular flexibility index (Phi) is 14.8. The van der Waals surface area contributed by atoms with Crippen LogP contribution < -0.4 is 15.2 Å². The molecule has 0 aliphatic carbocycles. The van der Waals surface area contributed by atoms with Gasteiger partial charge in [-0.2, -0.15) is 14.6 Å². The maximum atomic E-state index is 15.3. The summed E-state index contributed by atoms with van der Waals surface area (Å²) in [4.78, 5) is 38.1. The Bertz CT molecular complexity index is 1960. The number of aromatic nitrogens is 4. The summed E-state index contributed by atoms with van der Waals surface area (Å²) in [6.45, 7) is 5.73. The molecule has 2 aromatic heterocycles. The number of alkyl halides is 1. The van der Waals surface area contributed by atoms with E-state index < -0.39 is 58.8 Å². The van der Waals surface area contributed by atoms with Gasteiger partial charge in [0.25, 0.3) is 7.82 Å². The van der Waals surface area contributed by atoms with Crippen molar-refractivity contribution >= 4 is 50.1 Å². The van der Waals surface area contributed by atoms with Crippen LogP contribution in [0.15, 0.2) is 67.0 Å². The van der Waals surface area contributed by atoms with Crippen LogP contribution >= 0.6 is 27.2 Å². The van der Waals surface area contributed by atoms with Crippen molar-refractivity contribution in [3.05, 3.63) is 77.8 Å². The van der Waals surface area contributed by atoms with Gasteiger partial charge in [0.1, 0.15) is 36.1 Å². The number of carbonyl (C=O) groups excluding carboxylic acids is 1. The third-order valence-electron chi connectivity index (χ3n) is 9.32. The summed E-state index contributed by atoms with van der Waals surface area (Å²) < 4.78 is 71.6. The van der Waals surface area contributed by atoms with Crippen molar-refractivity contribution in [1.29, 1.82) is 0 Å². The number of benzene rings is 2. The van der Waals surface area contributed by atoms with Crippen LogP contribution in [-0.2, 0) is 38.8 Å². The summed E-state index contributed by atoms with van der Waals surface area (Å²) in [5.74, 6) is 0.133. The molecule has 16 nitrogen and oxygen atoms in total. The lowest BCUT2D eigenvalue weighted by Gasteiger charge is -2.34. The van der Waals surface area contributed by atoms with Crippen LogP contribution in [0.2, 0.25) is 5.28 Å². The fourth-order valence-electron chi connectivity index (χ4n) is 6.18. The maximum absolute atomic E-state index is 15.3. The molecule has 0 saturated carbocycles. The number of esters is 1. The van der Waals surface area contributed by atoms with Crippen molar-refractivity contribution < 1.29 is 51.1 Å². The number of aliphatic hydroxyl groups excluding tert-OH is 1. The molecule has 2 aliphatic heterocycles. The molecule has 0 bridgehead atoms. The summed E-state index contributed by atoms with van der Waals surface area (Å²) in [5, 5.41) is 10.3. The Labute approximate surface area is 323 Å². The van der Waals surface area contributed by atoms with Gasteiger partial charge < -0.3 is 34.3 Å². The molecule has 0 radical (unpaired) electrons. The Balaban J connectivity index is 0.000000757. The lowest BCUT2D eigenvalue weighted by molar-refractivity contribution is -0.221. The fourth-order valence-corrected chi connectivity index (χ4v) is 9.82. The van der Waals surface area contributed by atoms with E-state index in [1.165, 1.54) is 31.4 Å². The van der Waals surface area contributed by atoms with Crippen LogP contribution in [0.5, 0.6) is 5.75 Å². The highest BCUT2D eigenvalue weighted by molar-refractivity contribution is 7.62. The molecule has 0 spiro atoms. The number of nitrogen functional groups attached to an aromatic ring is 1. The van der Waals surface area contributed by atoms with Gasteiger partial charge in [0.05, 0.1) is 12.9 Å². The van der Waals surface area contributed by atoms with Crippen molar-refractivity contribution in [2.45, 2.75) is 90.1 Å². The normalized spacial score (nSPS) is 23.5. The molecule has 4 heterocycles. The van der Waals surface area contributed by atoms with Crippen LogP contribution in [0.1, 0.15) is 64.7 Å². The van der Waals surface area contributed by atoms with E-state index in [0.717, 1.165) is 21.5 Å². The van der Waals surface area contributed by atoms with E-state index in [9.17, 15) is 23.9 Å². The number of hydrogen-bond acceptors (Lipinski definition) is 14. The summed E-state index contributed by atoms with van der Waals surface area (Å²) in [5.41, 5.74) is 6.62. The average molecular weight is 826 g/mol. The number of anilines is 1. The average Bonchev–Trinajstić information content (AvgIpc) is 3.90. The van der Waals surface area contributed by atoms with E-state index >= 15 is 4.39 Å². The highest BCUT2D eigenvalue weighted by atomic mass is 35.5. The van der Waals surface area contributed by atoms with E-state index in [-0.39, 0.29) is 47.6 Å². The van der Waals surface area contributed by atoms with Gasteiger partial charge in [0.2, 0.25) is 5.28 Å². The SMILES string of the molecule is CCC(CC)CC.Nc1nc(Cl)nc2c1ncn2[C@@H]1O[C@H](COP(=O)([O-])OP(=O)(Oc2ccccc2)N2CCCC2C(=O)OCc2ccccc2)[C@H](O)C1F. The topological polar surface area (TPSA) is 214 Å². The smallest absolute Gasteiger partial charge is 0.468 e. The first-order valence-electron chi connectivity index (χ1n) is 17.9. The predicted molar refractivity (Wildman–Crippen MR) is 199 cm³/mol. The van der Waals surface area contributed by atoms with Gasteiger partial charge >= 0.3 is 13.7 Å². The van der Waals surface area contributed by atoms with Gasteiger partial charge in [-0.05, 0) is 48.1 Å². The number of phosphoric acid groups is 1. The highest BCUT2D eigenvalue weighted by Gasteiger charge is 2.50. The Morgan fingerprint density at radius 1 is 1.09 bits per heavy atom. The number of carbonyl (C=O) groups is 1. The molecule has 3 N–H and O–H groups in total. The first-order chi connectivity index (χ1) is 26.3. The predicted octanol–water partition coefficient (Wildman–Crippen LogP) is 6.39. The van der Waals surface area contributed by atoms with Crippen LogP contribution in [-0.4, -0.2) is 72.8 Å². The third-order valence-corrected chi connectivity index (χ3v) is 13.1. The summed E-state index contributed by atoms with van der Waals surface area (Å²) >= 11 is 5.88. The molecule has 2 aromatic carbocycles. The lowest BCUT2D eigenvalue weighted by atomic mass is 10.0. The molecule has 4 aromatic rings. The van der Waals surface area contributed by atoms with Crippen LogP contribution in [0.3, 0.4) is 0 Å². The Morgan fingerprint density at radius 2 is 1.75 bits per heavy atom. The number of halogens is 2. The van der Waals surface area contributed by atoms with Crippen LogP contribution in [0.4, 0.5) is 10.2 Å². The quantitative estimate of drug-likeness (QED) is 0.0755. The second-order valence-electron chi connectivity index (χ2n) is 12.9. The van der Waals surface area contributed by atoms with Gasteiger partial charge in [0.15, 0.2) is 23.9 Å². The Morgan fingerprint density at radius 3 is 2.38 bits per heavy atom. The fraction of sp³-hybridized carbons (Fsp3) is 0.486. The summed E-state index contributed by atoms with van der Waals surface area (Å²) in [6.07, 6.45) is -1.33. The molecule has 2 aliphatic rings. The van der Waals surface area contributed by atoms with Crippen molar-refractivity contribution in [3.8, 4) is 5.75 Å². The number of para-hydroxylation sites is 1.